The molecule has 0 aliphatic carbocycles. The van der Waals surface area contributed by atoms with E-state index in [2.05, 4.69) is 4.90 Å². The fraction of sp³-hybridized carbons (Fsp3) is 0.533. The first kappa shape index (κ1) is 13.9. The lowest BCUT2D eigenvalue weighted by atomic mass is 10.0. The highest BCUT2D eigenvalue weighted by atomic mass is 16.5. The molecule has 2 rings (SSSR count). The van der Waals surface area contributed by atoms with E-state index in [-0.39, 0.29) is 12.1 Å². The van der Waals surface area contributed by atoms with Gasteiger partial charge in [-0.25, -0.2) is 0 Å². The summed E-state index contributed by atoms with van der Waals surface area (Å²) < 4.78 is 5.17. The quantitative estimate of drug-likeness (QED) is 0.844. The molecule has 1 N–H and O–H groups in total. The van der Waals surface area contributed by atoms with Gasteiger partial charge >= 0.3 is 5.97 Å². The van der Waals surface area contributed by atoms with E-state index in [1.807, 2.05) is 19.1 Å². The number of rotatable bonds is 3. The van der Waals surface area contributed by atoms with Crippen LogP contribution in [0.5, 0.6) is 5.75 Å². The normalized spacial score (nSPS) is 17.4. The molecule has 0 radical (unpaired) electrons. The van der Waals surface area contributed by atoms with Gasteiger partial charge in [0.25, 0.3) is 0 Å². The van der Waals surface area contributed by atoms with Gasteiger partial charge in [-0.1, -0.05) is 6.07 Å². The van der Waals surface area contributed by atoms with Gasteiger partial charge in [0.1, 0.15) is 11.9 Å². The van der Waals surface area contributed by atoms with E-state index < -0.39 is 0 Å². The van der Waals surface area contributed by atoms with Gasteiger partial charge in [0.2, 0.25) is 0 Å². The Hall–Kier alpha value is -1.55. The van der Waals surface area contributed by atoms with Crippen LogP contribution in [0.2, 0.25) is 0 Å². The molecule has 0 spiro atoms. The largest absolute Gasteiger partial charge is 0.508 e. The highest BCUT2D eigenvalue weighted by Gasteiger charge is 2.17. The van der Waals surface area contributed by atoms with Crippen molar-refractivity contribution in [2.75, 3.05) is 19.6 Å². The first-order valence-electron chi connectivity index (χ1n) is 6.75. The first-order chi connectivity index (χ1) is 9.04. The standard InChI is InChI=1S/C15H21NO3/c1-11(19-12(2)17)10-16-7-5-13-3-4-15(18)9-14(13)6-8-16/h3-4,9,11,18H,5-8,10H2,1-2H3. The molecule has 1 aromatic carbocycles. The topological polar surface area (TPSA) is 49.8 Å². The van der Waals surface area contributed by atoms with Crippen molar-refractivity contribution in [3.05, 3.63) is 29.3 Å². The molecule has 1 heterocycles. The lowest BCUT2D eigenvalue weighted by Crippen LogP contribution is -2.35. The maximum atomic E-state index is 10.9. The van der Waals surface area contributed by atoms with E-state index in [0.717, 1.165) is 32.5 Å². The van der Waals surface area contributed by atoms with E-state index in [1.54, 1.807) is 6.07 Å². The number of fused-ring (bicyclic) bond motifs is 1. The van der Waals surface area contributed by atoms with Crippen LogP contribution in [0.4, 0.5) is 0 Å². The van der Waals surface area contributed by atoms with Gasteiger partial charge in [-0.05, 0) is 43.0 Å². The minimum absolute atomic E-state index is 0.0767. The summed E-state index contributed by atoms with van der Waals surface area (Å²) in [4.78, 5) is 13.2. The second-order valence-corrected chi connectivity index (χ2v) is 5.17. The molecule has 104 valence electrons. The minimum atomic E-state index is -0.226. The summed E-state index contributed by atoms with van der Waals surface area (Å²) in [5.74, 6) is 0.107. The third kappa shape index (κ3) is 3.96. The molecule has 1 aliphatic heterocycles. The highest BCUT2D eigenvalue weighted by molar-refractivity contribution is 5.66. The van der Waals surface area contributed by atoms with Crippen molar-refractivity contribution in [2.45, 2.75) is 32.8 Å². The average Bonchev–Trinajstić information content (AvgIpc) is 2.51. The Morgan fingerprint density at radius 3 is 2.74 bits per heavy atom. The number of hydrogen-bond donors (Lipinski definition) is 1. The van der Waals surface area contributed by atoms with Crippen LogP contribution in [0.3, 0.4) is 0 Å². The molecule has 1 aromatic rings. The number of hydrogen-bond acceptors (Lipinski definition) is 4. The molecule has 0 aromatic heterocycles. The second-order valence-electron chi connectivity index (χ2n) is 5.17. The van der Waals surface area contributed by atoms with Crippen molar-refractivity contribution in [1.82, 2.24) is 4.90 Å². The van der Waals surface area contributed by atoms with Crippen molar-refractivity contribution < 1.29 is 14.6 Å². The predicted molar refractivity (Wildman–Crippen MR) is 73.2 cm³/mol. The van der Waals surface area contributed by atoms with Gasteiger partial charge in [0.05, 0.1) is 0 Å². The number of phenolic OH excluding ortho intramolecular Hbond substituents is 1. The van der Waals surface area contributed by atoms with Gasteiger partial charge in [0.15, 0.2) is 0 Å². The Morgan fingerprint density at radius 1 is 1.37 bits per heavy atom. The summed E-state index contributed by atoms with van der Waals surface area (Å²) in [5, 5.41) is 9.52. The van der Waals surface area contributed by atoms with Crippen LogP contribution >= 0.6 is 0 Å². The molecule has 4 nitrogen and oxygen atoms in total. The van der Waals surface area contributed by atoms with Crippen molar-refractivity contribution >= 4 is 5.97 Å². The Labute approximate surface area is 114 Å². The van der Waals surface area contributed by atoms with E-state index in [4.69, 9.17) is 4.74 Å². The summed E-state index contributed by atoms with van der Waals surface area (Å²) in [5.41, 5.74) is 2.53. The smallest absolute Gasteiger partial charge is 0.302 e. The molecule has 0 amide bonds. The van der Waals surface area contributed by atoms with Crippen LogP contribution in [-0.2, 0) is 22.4 Å². The number of carbonyl (C=O) groups is 1. The molecule has 0 bridgehead atoms. The van der Waals surface area contributed by atoms with Crippen LogP contribution < -0.4 is 0 Å². The van der Waals surface area contributed by atoms with E-state index in [0.29, 0.717) is 5.75 Å². The summed E-state index contributed by atoms with van der Waals surface area (Å²) in [6.07, 6.45) is 1.82. The molecule has 0 saturated carbocycles. The van der Waals surface area contributed by atoms with Crippen molar-refractivity contribution in [2.24, 2.45) is 0 Å². The highest BCUT2D eigenvalue weighted by Crippen LogP contribution is 2.21. The molecule has 19 heavy (non-hydrogen) atoms. The Morgan fingerprint density at radius 2 is 2.05 bits per heavy atom. The van der Waals surface area contributed by atoms with Crippen molar-refractivity contribution in [3.63, 3.8) is 0 Å². The molecule has 4 heteroatoms. The lowest BCUT2D eigenvalue weighted by molar-refractivity contribution is -0.146. The Balaban J connectivity index is 1.94. The number of esters is 1. The number of nitrogens with zero attached hydrogens (tertiary/aromatic N) is 1. The van der Waals surface area contributed by atoms with Crippen LogP contribution in [0.25, 0.3) is 0 Å². The summed E-state index contributed by atoms with van der Waals surface area (Å²) in [7, 11) is 0. The molecule has 1 aliphatic rings. The first-order valence-corrected chi connectivity index (χ1v) is 6.75. The molecular weight excluding hydrogens is 242 g/mol. The van der Waals surface area contributed by atoms with Gasteiger partial charge in [-0.2, -0.15) is 0 Å². The van der Waals surface area contributed by atoms with Crippen LogP contribution in [0.1, 0.15) is 25.0 Å². The monoisotopic (exact) mass is 263 g/mol. The Kier molecular flexibility index (Phi) is 4.43. The summed E-state index contributed by atoms with van der Waals surface area (Å²) >= 11 is 0. The van der Waals surface area contributed by atoms with E-state index >= 15 is 0 Å². The third-order valence-corrected chi connectivity index (χ3v) is 3.47. The maximum absolute atomic E-state index is 10.9. The number of ether oxygens (including phenoxy) is 1. The zero-order valence-electron chi connectivity index (χ0n) is 11.6. The lowest BCUT2D eigenvalue weighted by Gasteiger charge is -2.23. The van der Waals surface area contributed by atoms with Gasteiger partial charge < -0.3 is 9.84 Å². The minimum Gasteiger partial charge on any atom is -0.508 e. The molecule has 0 fully saturated rings. The Bertz CT molecular complexity index is 459. The van der Waals surface area contributed by atoms with Crippen LogP contribution in [0, 0.1) is 0 Å². The summed E-state index contributed by atoms with van der Waals surface area (Å²) in [6, 6.07) is 5.61. The second kappa shape index (κ2) is 6.06. The van der Waals surface area contributed by atoms with E-state index in [1.165, 1.54) is 18.1 Å². The predicted octanol–water partition coefficient (Wildman–Crippen LogP) is 1.74. The maximum Gasteiger partial charge on any atom is 0.302 e. The number of benzene rings is 1. The molecule has 0 saturated heterocycles. The molecule has 1 atom stereocenters. The van der Waals surface area contributed by atoms with E-state index in [9.17, 15) is 9.90 Å². The average molecular weight is 263 g/mol. The molecular formula is C15H21NO3. The van der Waals surface area contributed by atoms with Gasteiger partial charge in [-0.15, -0.1) is 0 Å². The number of carbonyl (C=O) groups excluding carboxylic acids is 1. The zero-order chi connectivity index (χ0) is 13.8. The number of aromatic hydroxyl groups is 1. The third-order valence-electron chi connectivity index (χ3n) is 3.47. The van der Waals surface area contributed by atoms with Crippen LogP contribution in [-0.4, -0.2) is 41.7 Å². The van der Waals surface area contributed by atoms with Gasteiger partial charge in [0, 0.05) is 26.6 Å². The van der Waals surface area contributed by atoms with Gasteiger partial charge in [-0.3, -0.25) is 9.69 Å². The fourth-order valence-electron chi connectivity index (χ4n) is 2.62. The number of phenols is 1. The van der Waals surface area contributed by atoms with Crippen molar-refractivity contribution in [3.8, 4) is 5.75 Å². The molecule has 1 unspecified atom stereocenters. The van der Waals surface area contributed by atoms with Crippen molar-refractivity contribution in [1.29, 1.82) is 0 Å². The van der Waals surface area contributed by atoms with Crippen LogP contribution in [0.15, 0.2) is 18.2 Å². The fourth-order valence-corrected chi connectivity index (χ4v) is 2.62. The summed E-state index contributed by atoms with van der Waals surface area (Å²) in [6.45, 7) is 6.02. The SMILES string of the molecule is CC(=O)OC(C)CN1CCc2ccc(O)cc2CC1. The zero-order valence-corrected chi connectivity index (χ0v) is 11.6.